The molecule has 1 fully saturated rings. The topological polar surface area (TPSA) is 45.3 Å². The molecule has 2 heterocycles. The molecule has 0 bridgehead atoms. The van der Waals surface area contributed by atoms with Crippen molar-refractivity contribution in [1.82, 2.24) is 9.88 Å². The Labute approximate surface area is 122 Å². The first kappa shape index (κ1) is 13.5. The number of H-pyrrole nitrogens is 1. The molecule has 1 amide bonds. The molecular formula is C15H18N2O2S. The standard InChI is InChI=1S/C15H18N2O2S/c1-19-8-7-17-14(18)6-9-20-15(17)12-10-16-13-5-3-2-4-11(12)13/h2-5,10,15-16H,6-9H2,1H3. The predicted molar refractivity (Wildman–Crippen MR) is 81.7 cm³/mol. The molecule has 1 aromatic carbocycles. The number of benzene rings is 1. The molecule has 4 nitrogen and oxygen atoms in total. The summed E-state index contributed by atoms with van der Waals surface area (Å²) in [5.74, 6) is 1.10. The first-order valence-electron chi connectivity index (χ1n) is 6.77. The molecule has 1 N–H and O–H groups in total. The zero-order chi connectivity index (χ0) is 13.9. The van der Waals surface area contributed by atoms with E-state index in [2.05, 4.69) is 17.1 Å². The molecule has 2 aromatic rings. The summed E-state index contributed by atoms with van der Waals surface area (Å²) in [7, 11) is 1.67. The molecule has 0 aliphatic carbocycles. The summed E-state index contributed by atoms with van der Waals surface area (Å²) in [4.78, 5) is 17.4. The quantitative estimate of drug-likeness (QED) is 0.941. The zero-order valence-corrected chi connectivity index (χ0v) is 12.3. The Morgan fingerprint density at radius 3 is 3.15 bits per heavy atom. The number of methoxy groups -OCH3 is 1. The maximum absolute atomic E-state index is 12.2. The molecule has 106 valence electrons. The van der Waals surface area contributed by atoms with Crippen LogP contribution in [0.2, 0.25) is 0 Å². The van der Waals surface area contributed by atoms with Crippen LogP contribution in [0.3, 0.4) is 0 Å². The molecular weight excluding hydrogens is 272 g/mol. The number of thioether (sulfide) groups is 1. The summed E-state index contributed by atoms with van der Waals surface area (Å²) in [6.07, 6.45) is 2.65. The molecule has 1 aliphatic rings. The number of aromatic nitrogens is 1. The van der Waals surface area contributed by atoms with Crippen molar-refractivity contribution in [3.8, 4) is 0 Å². The number of nitrogens with zero attached hydrogens (tertiary/aromatic N) is 1. The fraction of sp³-hybridized carbons (Fsp3) is 0.400. The van der Waals surface area contributed by atoms with Gasteiger partial charge in [-0.3, -0.25) is 4.79 Å². The second-order valence-electron chi connectivity index (χ2n) is 4.84. The van der Waals surface area contributed by atoms with Crippen molar-refractivity contribution in [2.24, 2.45) is 0 Å². The van der Waals surface area contributed by atoms with Gasteiger partial charge < -0.3 is 14.6 Å². The summed E-state index contributed by atoms with van der Waals surface area (Å²) in [6.45, 7) is 1.22. The Bertz CT molecular complexity index is 611. The fourth-order valence-corrected chi connectivity index (χ4v) is 3.90. The lowest BCUT2D eigenvalue weighted by Crippen LogP contribution is -2.39. The Morgan fingerprint density at radius 1 is 1.45 bits per heavy atom. The smallest absolute Gasteiger partial charge is 0.224 e. The van der Waals surface area contributed by atoms with Crippen molar-refractivity contribution in [2.75, 3.05) is 26.0 Å². The fourth-order valence-electron chi connectivity index (χ4n) is 2.61. The average Bonchev–Trinajstić information content (AvgIpc) is 2.89. The number of amides is 1. The highest BCUT2D eigenvalue weighted by molar-refractivity contribution is 7.99. The lowest BCUT2D eigenvalue weighted by molar-refractivity contribution is -0.132. The summed E-state index contributed by atoms with van der Waals surface area (Å²) < 4.78 is 5.14. The van der Waals surface area contributed by atoms with E-state index >= 15 is 0 Å². The van der Waals surface area contributed by atoms with E-state index in [0.717, 1.165) is 11.3 Å². The first-order chi connectivity index (χ1) is 9.81. The Kier molecular flexibility index (Phi) is 3.98. The van der Waals surface area contributed by atoms with Crippen LogP contribution in [0.15, 0.2) is 30.5 Å². The second-order valence-corrected chi connectivity index (χ2v) is 6.03. The molecule has 1 saturated heterocycles. The lowest BCUT2D eigenvalue weighted by Gasteiger charge is -2.35. The van der Waals surface area contributed by atoms with Crippen LogP contribution in [0.25, 0.3) is 10.9 Å². The zero-order valence-electron chi connectivity index (χ0n) is 11.5. The number of nitrogens with one attached hydrogen (secondary N) is 1. The van der Waals surface area contributed by atoms with E-state index in [1.165, 1.54) is 10.9 Å². The van der Waals surface area contributed by atoms with Gasteiger partial charge in [0.05, 0.1) is 6.61 Å². The number of hydrogen-bond donors (Lipinski definition) is 1. The van der Waals surface area contributed by atoms with E-state index in [-0.39, 0.29) is 11.3 Å². The highest BCUT2D eigenvalue weighted by Gasteiger charge is 2.30. The van der Waals surface area contributed by atoms with E-state index in [1.54, 1.807) is 7.11 Å². The van der Waals surface area contributed by atoms with Crippen LogP contribution in [-0.2, 0) is 9.53 Å². The van der Waals surface area contributed by atoms with Crippen LogP contribution in [0.4, 0.5) is 0 Å². The van der Waals surface area contributed by atoms with Crippen molar-refractivity contribution in [1.29, 1.82) is 0 Å². The number of carbonyl (C=O) groups excluding carboxylic acids is 1. The van der Waals surface area contributed by atoms with Gasteiger partial charge in [0, 0.05) is 48.5 Å². The largest absolute Gasteiger partial charge is 0.383 e. The van der Waals surface area contributed by atoms with Crippen LogP contribution >= 0.6 is 11.8 Å². The number of para-hydroxylation sites is 1. The van der Waals surface area contributed by atoms with E-state index in [1.807, 2.05) is 35.0 Å². The van der Waals surface area contributed by atoms with Crippen LogP contribution in [0.5, 0.6) is 0 Å². The molecule has 0 radical (unpaired) electrons. The number of hydrogen-bond acceptors (Lipinski definition) is 3. The van der Waals surface area contributed by atoms with Crippen molar-refractivity contribution >= 4 is 28.6 Å². The molecule has 1 aliphatic heterocycles. The minimum Gasteiger partial charge on any atom is -0.383 e. The van der Waals surface area contributed by atoms with Gasteiger partial charge in [-0.1, -0.05) is 18.2 Å². The van der Waals surface area contributed by atoms with Crippen LogP contribution in [0.1, 0.15) is 17.4 Å². The number of carbonyl (C=O) groups is 1. The molecule has 1 unspecified atom stereocenters. The summed E-state index contributed by atoms with van der Waals surface area (Å²) in [6, 6.07) is 8.22. The Hall–Kier alpha value is -1.46. The van der Waals surface area contributed by atoms with Crippen LogP contribution in [-0.4, -0.2) is 41.8 Å². The monoisotopic (exact) mass is 290 g/mol. The summed E-state index contributed by atoms with van der Waals surface area (Å²) >= 11 is 1.83. The number of rotatable bonds is 4. The number of fused-ring (bicyclic) bond motifs is 1. The molecule has 3 rings (SSSR count). The SMILES string of the molecule is COCCN1C(=O)CCSC1c1c[nH]c2ccccc12. The highest BCUT2D eigenvalue weighted by Crippen LogP contribution is 2.40. The minimum absolute atomic E-state index is 0.0857. The van der Waals surface area contributed by atoms with Crippen molar-refractivity contribution in [3.05, 3.63) is 36.0 Å². The molecule has 0 saturated carbocycles. The van der Waals surface area contributed by atoms with E-state index in [0.29, 0.717) is 19.6 Å². The summed E-state index contributed by atoms with van der Waals surface area (Å²) in [5.41, 5.74) is 2.31. The summed E-state index contributed by atoms with van der Waals surface area (Å²) in [5, 5.41) is 1.28. The third kappa shape index (κ3) is 2.43. The van der Waals surface area contributed by atoms with Crippen molar-refractivity contribution in [2.45, 2.75) is 11.8 Å². The van der Waals surface area contributed by atoms with Gasteiger partial charge in [-0.2, -0.15) is 0 Å². The third-order valence-electron chi connectivity index (χ3n) is 3.62. The van der Waals surface area contributed by atoms with E-state index in [9.17, 15) is 4.79 Å². The van der Waals surface area contributed by atoms with Gasteiger partial charge in [0.1, 0.15) is 5.37 Å². The molecule has 1 aromatic heterocycles. The minimum atomic E-state index is 0.0857. The van der Waals surface area contributed by atoms with Gasteiger partial charge in [-0.15, -0.1) is 11.8 Å². The average molecular weight is 290 g/mol. The first-order valence-corrected chi connectivity index (χ1v) is 7.82. The van der Waals surface area contributed by atoms with Crippen LogP contribution in [0, 0.1) is 0 Å². The van der Waals surface area contributed by atoms with Gasteiger partial charge in [0.25, 0.3) is 0 Å². The van der Waals surface area contributed by atoms with Crippen molar-refractivity contribution in [3.63, 3.8) is 0 Å². The van der Waals surface area contributed by atoms with Crippen molar-refractivity contribution < 1.29 is 9.53 Å². The van der Waals surface area contributed by atoms with E-state index < -0.39 is 0 Å². The Morgan fingerprint density at radius 2 is 2.30 bits per heavy atom. The Balaban J connectivity index is 1.95. The van der Waals surface area contributed by atoms with Gasteiger partial charge in [-0.25, -0.2) is 0 Å². The van der Waals surface area contributed by atoms with Gasteiger partial charge in [-0.05, 0) is 6.07 Å². The second kappa shape index (κ2) is 5.89. The molecule has 5 heteroatoms. The van der Waals surface area contributed by atoms with Gasteiger partial charge >= 0.3 is 0 Å². The highest BCUT2D eigenvalue weighted by atomic mass is 32.2. The number of ether oxygens (including phenoxy) is 1. The van der Waals surface area contributed by atoms with E-state index in [4.69, 9.17) is 4.74 Å². The van der Waals surface area contributed by atoms with Gasteiger partial charge in [0.2, 0.25) is 5.91 Å². The maximum Gasteiger partial charge on any atom is 0.224 e. The maximum atomic E-state index is 12.2. The van der Waals surface area contributed by atoms with Gasteiger partial charge in [0.15, 0.2) is 0 Å². The molecule has 1 atom stereocenters. The molecule has 20 heavy (non-hydrogen) atoms. The normalized spacial score (nSPS) is 19.8. The lowest BCUT2D eigenvalue weighted by atomic mass is 10.1. The van der Waals surface area contributed by atoms with Crippen LogP contribution < -0.4 is 0 Å². The number of aromatic amines is 1. The molecule has 0 spiro atoms. The predicted octanol–water partition coefficient (Wildman–Crippen LogP) is 2.78. The third-order valence-corrected chi connectivity index (χ3v) is 4.88.